The van der Waals surface area contributed by atoms with Crippen molar-refractivity contribution in [3.63, 3.8) is 0 Å². The van der Waals surface area contributed by atoms with E-state index in [2.05, 4.69) is 37.3 Å². The molecule has 0 heterocycles. The van der Waals surface area contributed by atoms with Crippen LogP contribution in [0.3, 0.4) is 0 Å². The fourth-order valence-corrected chi connectivity index (χ4v) is 2.55. The zero-order chi connectivity index (χ0) is 9.52. The van der Waals surface area contributed by atoms with Crippen molar-refractivity contribution in [3.05, 3.63) is 35.9 Å². The Bertz CT molecular complexity index is 218. The number of unbranched alkanes of at least 4 members (excludes halogenated alkanes) is 1. The van der Waals surface area contributed by atoms with Crippen LogP contribution in [0, 0.1) is 0 Å². The second-order valence-electron chi connectivity index (χ2n) is 3.94. The van der Waals surface area contributed by atoms with Crippen LogP contribution in [-0.4, -0.2) is 10.2 Å². The molecule has 0 amide bonds. The first-order chi connectivity index (χ1) is 6.33. The predicted molar refractivity (Wildman–Crippen MR) is 63.4 cm³/mol. The highest BCUT2D eigenvalue weighted by molar-refractivity contribution is 6.11. The van der Waals surface area contributed by atoms with Gasteiger partial charge < -0.3 is 0 Å². The molecule has 0 aromatic heterocycles. The highest BCUT2D eigenvalue weighted by Gasteiger charge is 2.01. The molecule has 0 aliphatic carbocycles. The van der Waals surface area contributed by atoms with Crippen LogP contribution >= 0.6 is 0 Å². The summed E-state index contributed by atoms with van der Waals surface area (Å²) < 4.78 is 0. The van der Waals surface area contributed by atoms with Crippen LogP contribution < -0.4 is 0 Å². The zero-order valence-electron chi connectivity index (χ0n) is 8.79. The van der Waals surface area contributed by atoms with Gasteiger partial charge in [-0.15, -0.1) is 0 Å². The van der Waals surface area contributed by atoms with E-state index in [1.54, 1.807) is 0 Å². The molecule has 0 aliphatic rings. The molecular formula is C12H20Si. The van der Waals surface area contributed by atoms with Crippen molar-refractivity contribution >= 4 is 10.2 Å². The molecule has 1 aromatic rings. The third-order valence-electron chi connectivity index (χ3n) is 2.48. The summed E-state index contributed by atoms with van der Waals surface area (Å²) in [5, 5.41) is 0. The molecule has 1 atom stereocenters. The standard InChI is InChI=1S/C12H20Si/c1-2-3-9-12(13)10-11-7-5-4-6-8-11/h4-8,12H,2-3,9-10H2,1,13H3. The average molecular weight is 192 g/mol. The molecule has 0 spiro atoms. The summed E-state index contributed by atoms with van der Waals surface area (Å²) in [5.74, 6) is 0. The summed E-state index contributed by atoms with van der Waals surface area (Å²) in [4.78, 5) is 0. The van der Waals surface area contributed by atoms with Crippen molar-refractivity contribution < 1.29 is 0 Å². The van der Waals surface area contributed by atoms with Crippen molar-refractivity contribution in [1.29, 1.82) is 0 Å². The Balaban J connectivity index is 2.32. The molecule has 1 heteroatoms. The van der Waals surface area contributed by atoms with E-state index >= 15 is 0 Å². The summed E-state index contributed by atoms with van der Waals surface area (Å²) >= 11 is 0. The van der Waals surface area contributed by atoms with E-state index in [0.717, 1.165) is 5.54 Å². The third-order valence-corrected chi connectivity index (χ3v) is 3.46. The SMILES string of the molecule is CCCCC([SiH3])Cc1ccccc1. The van der Waals surface area contributed by atoms with E-state index in [4.69, 9.17) is 0 Å². The maximum absolute atomic E-state index is 2.27. The first-order valence-electron chi connectivity index (χ1n) is 5.37. The molecule has 1 unspecified atom stereocenters. The number of benzene rings is 1. The Morgan fingerprint density at radius 3 is 2.54 bits per heavy atom. The maximum Gasteiger partial charge on any atom is 0.00715 e. The molecular weight excluding hydrogens is 172 g/mol. The van der Waals surface area contributed by atoms with Gasteiger partial charge in [-0.3, -0.25) is 0 Å². The highest BCUT2D eigenvalue weighted by atomic mass is 28.1. The third kappa shape index (κ3) is 4.27. The first kappa shape index (κ1) is 10.5. The van der Waals surface area contributed by atoms with Crippen LogP contribution in [0.5, 0.6) is 0 Å². The lowest BCUT2D eigenvalue weighted by Gasteiger charge is -2.09. The lowest BCUT2D eigenvalue weighted by atomic mass is 10.1. The van der Waals surface area contributed by atoms with Gasteiger partial charge in [-0.2, -0.15) is 0 Å². The van der Waals surface area contributed by atoms with Crippen LogP contribution in [0.2, 0.25) is 5.54 Å². The van der Waals surface area contributed by atoms with E-state index < -0.39 is 0 Å². The lowest BCUT2D eigenvalue weighted by molar-refractivity contribution is 0.665. The smallest absolute Gasteiger partial charge is 0.00715 e. The minimum absolute atomic E-state index is 0.974. The molecule has 0 bridgehead atoms. The van der Waals surface area contributed by atoms with E-state index in [9.17, 15) is 0 Å². The minimum atomic E-state index is 0.974. The molecule has 0 fully saturated rings. The summed E-state index contributed by atoms with van der Waals surface area (Å²) in [6.45, 7) is 2.27. The molecule has 0 saturated heterocycles. The molecule has 1 rings (SSSR count). The molecule has 0 radical (unpaired) electrons. The Morgan fingerprint density at radius 1 is 1.23 bits per heavy atom. The predicted octanol–water partition coefficient (Wildman–Crippen LogP) is 2.57. The van der Waals surface area contributed by atoms with Gasteiger partial charge in [0.2, 0.25) is 0 Å². The van der Waals surface area contributed by atoms with Gasteiger partial charge in [0.15, 0.2) is 0 Å². The molecule has 0 N–H and O–H groups in total. The van der Waals surface area contributed by atoms with Crippen molar-refractivity contribution in [2.24, 2.45) is 0 Å². The second-order valence-corrected chi connectivity index (χ2v) is 5.57. The van der Waals surface area contributed by atoms with Crippen LogP contribution in [0.15, 0.2) is 30.3 Å². The van der Waals surface area contributed by atoms with Gasteiger partial charge in [-0.25, -0.2) is 0 Å². The zero-order valence-corrected chi connectivity index (χ0v) is 10.8. The van der Waals surface area contributed by atoms with Crippen LogP contribution in [0.1, 0.15) is 31.7 Å². The average Bonchev–Trinajstić information content (AvgIpc) is 2.16. The van der Waals surface area contributed by atoms with Crippen molar-refractivity contribution in [3.8, 4) is 0 Å². The number of hydrogen-bond donors (Lipinski definition) is 0. The largest absolute Gasteiger partial charge is 0.0654 e. The monoisotopic (exact) mass is 192 g/mol. The summed E-state index contributed by atoms with van der Waals surface area (Å²) in [5.41, 5.74) is 2.49. The van der Waals surface area contributed by atoms with Gasteiger partial charge in [0.25, 0.3) is 0 Å². The lowest BCUT2D eigenvalue weighted by Crippen LogP contribution is -1.97. The minimum Gasteiger partial charge on any atom is -0.0654 e. The topological polar surface area (TPSA) is 0 Å². The Hall–Kier alpha value is -0.563. The molecule has 1 aromatic carbocycles. The molecule has 72 valence electrons. The van der Waals surface area contributed by atoms with Crippen molar-refractivity contribution in [1.82, 2.24) is 0 Å². The van der Waals surface area contributed by atoms with E-state index in [1.807, 2.05) is 0 Å². The van der Waals surface area contributed by atoms with E-state index in [1.165, 1.54) is 41.5 Å². The van der Waals surface area contributed by atoms with Crippen LogP contribution in [0.4, 0.5) is 0 Å². The van der Waals surface area contributed by atoms with Gasteiger partial charge in [0, 0.05) is 10.2 Å². The molecule has 0 aliphatic heterocycles. The van der Waals surface area contributed by atoms with E-state index in [-0.39, 0.29) is 0 Å². The quantitative estimate of drug-likeness (QED) is 0.629. The molecule has 0 saturated carbocycles. The van der Waals surface area contributed by atoms with Gasteiger partial charge >= 0.3 is 0 Å². The second kappa shape index (κ2) is 5.98. The molecule has 0 nitrogen and oxygen atoms in total. The van der Waals surface area contributed by atoms with Gasteiger partial charge in [-0.05, 0) is 12.0 Å². The number of hydrogen-bond acceptors (Lipinski definition) is 0. The van der Waals surface area contributed by atoms with Gasteiger partial charge in [0.05, 0.1) is 0 Å². The van der Waals surface area contributed by atoms with E-state index in [0.29, 0.717) is 0 Å². The van der Waals surface area contributed by atoms with Gasteiger partial charge in [0.1, 0.15) is 0 Å². The van der Waals surface area contributed by atoms with Gasteiger partial charge in [-0.1, -0.05) is 62.1 Å². The summed E-state index contributed by atoms with van der Waals surface area (Å²) in [6.07, 6.45) is 5.47. The number of rotatable bonds is 5. The van der Waals surface area contributed by atoms with Crippen LogP contribution in [-0.2, 0) is 6.42 Å². The summed E-state index contributed by atoms with van der Waals surface area (Å²) in [7, 11) is 1.34. The van der Waals surface area contributed by atoms with Crippen LogP contribution in [0.25, 0.3) is 0 Å². The normalized spacial score (nSPS) is 13.0. The fourth-order valence-electron chi connectivity index (χ4n) is 1.67. The Morgan fingerprint density at radius 2 is 1.92 bits per heavy atom. The van der Waals surface area contributed by atoms with Crippen molar-refractivity contribution in [2.45, 2.75) is 38.1 Å². The first-order valence-corrected chi connectivity index (χ1v) is 6.52. The Kier molecular flexibility index (Phi) is 4.84. The highest BCUT2D eigenvalue weighted by Crippen LogP contribution is 2.16. The molecule has 13 heavy (non-hydrogen) atoms. The van der Waals surface area contributed by atoms with Crippen molar-refractivity contribution in [2.75, 3.05) is 0 Å². The fraction of sp³-hybridized carbons (Fsp3) is 0.500. The Labute approximate surface area is 84.8 Å². The maximum atomic E-state index is 2.27. The summed E-state index contributed by atoms with van der Waals surface area (Å²) in [6, 6.07) is 10.9.